The van der Waals surface area contributed by atoms with Crippen molar-refractivity contribution in [2.24, 2.45) is 0 Å². The van der Waals surface area contributed by atoms with Gasteiger partial charge >= 0.3 is 0 Å². The van der Waals surface area contributed by atoms with Gasteiger partial charge in [0.2, 0.25) is 5.75 Å². The number of methoxy groups -OCH3 is 2. The molecule has 0 aromatic heterocycles. The number of rotatable bonds is 8. The number of amides is 1. The molecular weight excluding hydrogens is 330 g/mol. The Hall–Kier alpha value is -2.40. The van der Waals surface area contributed by atoms with E-state index in [2.05, 4.69) is 5.32 Å². The number of halogens is 1. The van der Waals surface area contributed by atoms with Crippen LogP contribution in [0.3, 0.4) is 0 Å². The Balaban J connectivity index is 1.82. The topological polar surface area (TPSA) is 56.8 Å². The quantitative estimate of drug-likeness (QED) is 0.795. The molecule has 2 aromatic rings. The van der Waals surface area contributed by atoms with Crippen molar-refractivity contribution in [1.82, 2.24) is 5.32 Å². The molecule has 0 aliphatic carbocycles. The predicted octanol–water partition coefficient (Wildman–Crippen LogP) is 3.09. The lowest BCUT2D eigenvalue weighted by atomic mass is 10.1. The number of hydrogen-bond acceptors (Lipinski definition) is 4. The molecule has 128 valence electrons. The molecule has 0 saturated heterocycles. The maximum absolute atomic E-state index is 11.9. The number of nitrogens with one attached hydrogen (secondary N) is 1. The van der Waals surface area contributed by atoms with E-state index in [-0.39, 0.29) is 12.5 Å². The fourth-order valence-electron chi connectivity index (χ4n) is 2.15. The third-order valence-corrected chi connectivity index (χ3v) is 3.63. The van der Waals surface area contributed by atoms with Gasteiger partial charge in [0, 0.05) is 11.6 Å². The fraction of sp³-hybridized carbons (Fsp3) is 0.278. The maximum Gasteiger partial charge on any atom is 0.257 e. The van der Waals surface area contributed by atoms with Crippen LogP contribution in [-0.4, -0.2) is 33.3 Å². The van der Waals surface area contributed by atoms with Gasteiger partial charge in [-0.15, -0.1) is 0 Å². The molecule has 24 heavy (non-hydrogen) atoms. The molecular formula is C18H20ClNO4. The van der Waals surface area contributed by atoms with E-state index < -0.39 is 0 Å². The summed E-state index contributed by atoms with van der Waals surface area (Å²) in [5, 5.41) is 3.51. The first-order chi connectivity index (χ1) is 11.6. The summed E-state index contributed by atoms with van der Waals surface area (Å²) < 4.78 is 16.0. The highest BCUT2D eigenvalue weighted by Crippen LogP contribution is 2.36. The normalized spacial score (nSPS) is 10.1. The van der Waals surface area contributed by atoms with Crippen LogP contribution in [0.1, 0.15) is 5.56 Å². The van der Waals surface area contributed by atoms with Crippen molar-refractivity contribution in [1.29, 1.82) is 0 Å². The van der Waals surface area contributed by atoms with Crippen LogP contribution in [-0.2, 0) is 11.2 Å². The average molecular weight is 350 g/mol. The first-order valence-electron chi connectivity index (χ1n) is 7.49. The molecule has 0 saturated carbocycles. The molecule has 0 spiro atoms. The molecule has 1 N–H and O–H groups in total. The highest BCUT2D eigenvalue weighted by Gasteiger charge is 2.13. The van der Waals surface area contributed by atoms with E-state index in [1.165, 1.54) is 14.2 Å². The lowest BCUT2D eigenvalue weighted by molar-refractivity contribution is -0.123. The zero-order chi connectivity index (χ0) is 17.4. The molecule has 0 aliphatic rings. The fourth-order valence-corrected chi connectivity index (χ4v) is 2.27. The number of benzene rings is 2. The Morgan fingerprint density at radius 3 is 2.25 bits per heavy atom. The van der Waals surface area contributed by atoms with Crippen molar-refractivity contribution in [2.75, 3.05) is 27.4 Å². The van der Waals surface area contributed by atoms with Gasteiger partial charge in [0.1, 0.15) is 0 Å². The molecule has 0 unspecified atom stereocenters. The molecule has 0 atom stereocenters. The van der Waals surface area contributed by atoms with Gasteiger partial charge in [-0.2, -0.15) is 0 Å². The van der Waals surface area contributed by atoms with E-state index in [0.717, 1.165) is 12.0 Å². The van der Waals surface area contributed by atoms with Gasteiger partial charge in [-0.3, -0.25) is 4.79 Å². The van der Waals surface area contributed by atoms with Gasteiger partial charge < -0.3 is 19.5 Å². The number of hydrogen-bond donors (Lipinski definition) is 1. The standard InChI is InChI=1S/C18H20ClNO4/c1-22-15-4-3-5-16(23-2)18(15)24-12-17(21)20-11-10-13-6-8-14(19)9-7-13/h3-9H,10-12H2,1-2H3,(H,20,21). The maximum atomic E-state index is 11.9. The van der Waals surface area contributed by atoms with Gasteiger partial charge in [0.15, 0.2) is 18.1 Å². The van der Waals surface area contributed by atoms with Crippen LogP contribution in [0.4, 0.5) is 0 Å². The molecule has 2 rings (SSSR count). The second kappa shape index (κ2) is 9.03. The number of carbonyl (C=O) groups excluding carboxylic acids is 1. The number of ether oxygens (including phenoxy) is 3. The lowest BCUT2D eigenvalue weighted by Gasteiger charge is -2.14. The molecule has 0 radical (unpaired) electrons. The molecule has 0 fully saturated rings. The highest BCUT2D eigenvalue weighted by atomic mass is 35.5. The van der Waals surface area contributed by atoms with Crippen molar-refractivity contribution >= 4 is 17.5 Å². The van der Waals surface area contributed by atoms with Crippen molar-refractivity contribution in [2.45, 2.75) is 6.42 Å². The van der Waals surface area contributed by atoms with E-state index in [0.29, 0.717) is 28.8 Å². The van der Waals surface area contributed by atoms with Crippen molar-refractivity contribution in [3.8, 4) is 17.2 Å². The SMILES string of the molecule is COc1cccc(OC)c1OCC(=O)NCCc1ccc(Cl)cc1. The summed E-state index contributed by atoms with van der Waals surface area (Å²) in [6.07, 6.45) is 0.723. The van der Waals surface area contributed by atoms with Crippen LogP contribution in [0, 0.1) is 0 Å². The predicted molar refractivity (Wildman–Crippen MR) is 93.2 cm³/mol. The first kappa shape index (κ1) is 17.9. The summed E-state index contributed by atoms with van der Waals surface area (Å²) in [7, 11) is 3.07. The average Bonchev–Trinajstić information content (AvgIpc) is 2.61. The van der Waals surface area contributed by atoms with E-state index >= 15 is 0 Å². The molecule has 5 nitrogen and oxygen atoms in total. The smallest absolute Gasteiger partial charge is 0.257 e. The first-order valence-corrected chi connectivity index (χ1v) is 7.86. The summed E-state index contributed by atoms with van der Waals surface area (Å²) in [6.45, 7) is 0.407. The Labute approximate surface area is 146 Å². The minimum atomic E-state index is -0.211. The van der Waals surface area contributed by atoms with Gasteiger partial charge in [0.05, 0.1) is 14.2 Å². The van der Waals surface area contributed by atoms with Crippen molar-refractivity contribution in [3.05, 3.63) is 53.1 Å². The van der Waals surface area contributed by atoms with Crippen LogP contribution < -0.4 is 19.5 Å². The van der Waals surface area contributed by atoms with Crippen LogP contribution >= 0.6 is 11.6 Å². The third kappa shape index (κ3) is 5.06. The Morgan fingerprint density at radius 2 is 1.67 bits per heavy atom. The van der Waals surface area contributed by atoms with Crippen LogP contribution in [0.5, 0.6) is 17.2 Å². The third-order valence-electron chi connectivity index (χ3n) is 3.38. The van der Waals surface area contributed by atoms with E-state index in [1.807, 2.05) is 24.3 Å². The van der Waals surface area contributed by atoms with E-state index in [1.54, 1.807) is 18.2 Å². The minimum absolute atomic E-state index is 0.114. The van der Waals surface area contributed by atoms with Gasteiger partial charge in [-0.1, -0.05) is 29.8 Å². The Bertz CT molecular complexity index is 651. The summed E-state index contributed by atoms with van der Waals surface area (Å²) in [5.41, 5.74) is 1.10. The lowest BCUT2D eigenvalue weighted by Crippen LogP contribution is -2.30. The number of para-hydroxylation sites is 1. The van der Waals surface area contributed by atoms with Crippen molar-refractivity contribution < 1.29 is 19.0 Å². The summed E-state index contributed by atoms with van der Waals surface area (Å²) in [6, 6.07) is 12.8. The summed E-state index contributed by atoms with van der Waals surface area (Å²) in [5.74, 6) is 1.24. The second-order valence-corrected chi connectivity index (χ2v) is 5.44. The van der Waals surface area contributed by atoms with E-state index in [9.17, 15) is 4.79 Å². The molecule has 0 heterocycles. The van der Waals surface area contributed by atoms with Gasteiger partial charge in [-0.25, -0.2) is 0 Å². The largest absolute Gasteiger partial charge is 0.493 e. The summed E-state index contributed by atoms with van der Waals surface area (Å²) >= 11 is 5.84. The molecule has 1 amide bonds. The van der Waals surface area contributed by atoms with Gasteiger partial charge in [0.25, 0.3) is 5.91 Å². The zero-order valence-electron chi connectivity index (χ0n) is 13.7. The monoisotopic (exact) mass is 349 g/mol. The molecule has 2 aromatic carbocycles. The minimum Gasteiger partial charge on any atom is -0.493 e. The van der Waals surface area contributed by atoms with Crippen LogP contribution in [0.15, 0.2) is 42.5 Å². The summed E-state index contributed by atoms with van der Waals surface area (Å²) in [4.78, 5) is 11.9. The highest BCUT2D eigenvalue weighted by molar-refractivity contribution is 6.30. The number of carbonyl (C=O) groups is 1. The molecule has 6 heteroatoms. The van der Waals surface area contributed by atoms with Crippen LogP contribution in [0.2, 0.25) is 5.02 Å². The van der Waals surface area contributed by atoms with E-state index in [4.69, 9.17) is 25.8 Å². The molecule has 0 aliphatic heterocycles. The van der Waals surface area contributed by atoms with Crippen molar-refractivity contribution in [3.63, 3.8) is 0 Å². The Morgan fingerprint density at radius 1 is 1.04 bits per heavy atom. The molecule has 0 bridgehead atoms. The zero-order valence-corrected chi connectivity index (χ0v) is 14.4. The second-order valence-electron chi connectivity index (χ2n) is 5.01. The van der Waals surface area contributed by atoms with Crippen LogP contribution in [0.25, 0.3) is 0 Å². The Kier molecular flexibility index (Phi) is 6.75. The van der Waals surface area contributed by atoms with Gasteiger partial charge in [-0.05, 0) is 36.2 Å².